The van der Waals surface area contributed by atoms with E-state index in [2.05, 4.69) is 0 Å². The summed E-state index contributed by atoms with van der Waals surface area (Å²) in [5.74, 6) is 0.801. The van der Waals surface area contributed by atoms with Gasteiger partial charge in [0.1, 0.15) is 5.75 Å². The fraction of sp³-hybridized carbons (Fsp3) is 0.571. The molecule has 0 aromatic heterocycles. The molecule has 0 radical (unpaired) electrons. The SMILES string of the molecule is COc1ccc(Cl)cc1COC1CCC(O)CC1. The van der Waals surface area contributed by atoms with Crippen molar-refractivity contribution in [3.8, 4) is 5.75 Å². The van der Waals surface area contributed by atoms with Gasteiger partial charge in [-0.2, -0.15) is 0 Å². The van der Waals surface area contributed by atoms with Crippen molar-refractivity contribution in [2.45, 2.75) is 44.5 Å². The third kappa shape index (κ3) is 3.61. The maximum atomic E-state index is 9.44. The molecular weight excluding hydrogens is 252 g/mol. The third-order valence-corrected chi connectivity index (χ3v) is 3.60. The number of halogens is 1. The molecule has 1 aromatic carbocycles. The number of hydrogen-bond acceptors (Lipinski definition) is 3. The quantitative estimate of drug-likeness (QED) is 0.913. The van der Waals surface area contributed by atoms with Crippen LogP contribution in [0, 0.1) is 0 Å². The van der Waals surface area contributed by atoms with Gasteiger partial charge < -0.3 is 14.6 Å². The maximum Gasteiger partial charge on any atom is 0.124 e. The summed E-state index contributed by atoms with van der Waals surface area (Å²) in [6.45, 7) is 0.504. The zero-order valence-corrected chi connectivity index (χ0v) is 11.3. The number of hydrogen-bond donors (Lipinski definition) is 1. The van der Waals surface area contributed by atoms with Crippen LogP contribution >= 0.6 is 11.6 Å². The van der Waals surface area contributed by atoms with Gasteiger partial charge in [0, 0.05) is 10.6 Å². The molecule has 1 fully saturated rings. The Balaban J connectivity index is 1.91. The van der Waals surface area contributed by atoms with Gasteiger partial charge in [-0.1, -0.05) is 11.6 Å². The van der Waals surface area contributed by atoms with Crippen LogP contribution in [-0.4, -0.2) is 24.4 Å². The molecule has 100 valence electrons. The Morgan fingerprint density at radius 2 is 2.00 bits per heavy atom. The van der Waals surface area contributed by atoms with Gasteiger partial charge in [0.2, 0.25) is 0 Å². The average Bonchev–Trinajstić information content (AvgIpc) is 2.38. The molecule has 18 heavy (non-hydrogen) atoms. The molecule has 0 atom stereocenters. The summed E-state index contributed by atoms with van der Waals surface area (Å²) in [6, 6.07) is 5.53. The zero-order valence-electron chi connectivity index (χ0n) is 10.6. The van der Waals surface area contributed by atoms with Gasteiger partial charge in [-0.25, -0.2) is 0 Å². The van der Waals surface area contributed by atoms with Crippen LogP contribution in [0.15, 0.2) is 18.2 Å². The number of methoxy groups -OCH3 is 1. The fourth-order valence-electron chi connectivity index (χ4n) is 2.28. The molecule has 0 heterocycles. The first-order valence-electron chi connectivity index (χ1n) is 6.31. The van der Waals surface area contributed by atoms with Crippen molar-refractivity contribution in [1.82, 2.24) is 0 Å². The van der Waals surface area contributed by atoms with E-state index in [9.17, 15) is 5.11 Å². The van der Waals surface area contributed by atoms with Crippen LogP contribution in [0.3, 0.4) is 0 Å². The van der Waals surface area contributed by atoms with Gasteiger partial charge in [0.15, 0.2) is 0 Å². The first-order chi connectivity index (χ1) is 8.69. The molecule has 1 saturated carbocycles. The summed E-state index contributed by atoms with van der Waals surface area (Å²) >= 11 is 5.97. The summed E-state index contributed by atoms with van der Waals surface area (Å²) < 4.78 is 11.1. The summed E-state index contributed by atoms with van der Waals surface area (Å²) in [4.78, 5) is 0. The second kappa shape index (κ2) is 6.41. The molecule has 4 heteroatoms. The first kappa shape index (κ1) is 13.7. The van der Waals surface area contributed by atoms with Crippen molar-refractivity contribution in [2.24, 2.45) is 0 Å². The van der Waals surface area contributed by atoms with Gasteiger partial charge in [-0.3, -0.25) is 0 Å². The van der Waals surface area contributed by atoms with Crippen molar-refractivity contribution in [3.63, 3.8) is 0 Å². The molecule has 1 aromatic rings. The molecule has 3 nitrogen and oxygen atoms in total. The van der Waals surface area contributed by atoms with Gasteiger partial charge in [-0.05, 0) is 43.9 Å². The highest BCUT2D eigenvalue weighted by molar-refractivity contribution is 6.30. The molecule has 0 aliphatic heterocycles. The summed E-state index contributed by atoms with van der Waals surface area (Å²) in [5, 5.41) is 10.1. The molecule has 1 aliphatic rings. The van der Waals surface area contributed by atoms with E-state index in [4.69, 9.17) is 21.1 Å². The fourth-order valence-corrected chi connectivity index (χ4v) is 2.47. The Morgan fingerprint density at radius 1 is 1.28 bits per heavy atom. The highest BCUT2D eigenvalue weighted by Gasteiger charge is 2.20. The summed E-state index contributed by atoms with van der Waals surface area (Å²) in [6.07, 6.45) is 3.59. The van der Waals surface area contributed by atoms with E-state index < -0.39 is 0 Å². The lowest BCUT2D eigenvalue weighted by Crippen LogP contribution is -2.24. The number of aliphatic hydroxyl groups excluding tert-OH is 1. The standard InChI is InChI=1S/C14H19ClO3/c1-17-14-7-2-11(15)8-10(14)9-18-13-5-3-12(16)4-6-13/h2,7-8,12-13,16H,3-6,9H2,1H3. The lowest BCUT2D eigenvalue weighted by molar-refractivity contribution is -0.0124. The van der Waals surface area contributed by atoms with Crippen molar-refractivity contribution >= 4 is 11.6 Å². The van der Waals surface area contributed by atoms with Crippen LogP contribution in [0.1, 0.15) is 31.2 Å². The van der Waals surface area contributed by atoms with E-state index in [1.54, 1.807) is 13.2 Å². The second-order valence-corrected chi connectivity index (χ2v) is 5.13. The summed E-state index contributed by atoms with van der Waals surface area (Å²) in [5.41, 5.74) is 0.969. The number of benzene rings is 1. The number of aliphatic hydroxyl groups is 1. The minimum atomic E-state index is -0.148. The molecule has 0 bridgehead atoms. The average molecular weight is 271 g/mol. The minimum absolute atomic E-state index is 0.148. The largest absolute Gasteiger partial charge is 0.496 e. The number of rotatable bonds is 4. The first-order valence-corrected chi connectivity index (χ1v) is 6.69. The molecule has 0 saturated heterocycles. The van der Waals surface area contributed by atoms with E-state index in [0.29, 0.717) is 11.6 Å². The van der Waals surface area contributed by atoms with Crippen LogP contribution in [0.2, 0.25) is 5.02 Å². The van der Waals surface area contributed by atoms with Gasteiger partial charge in [0.05, 0.1) is 25.9 Å². The topological polar surface area (TPSA) is 38.7 Å². The zero-order chi connectivity index (χ0) is 13.0. The van der Waals surface area contributed by atoms with Crippen LogP contribution < -0.4 is 4.74 Å². The molecule has 1 N–H and O–H groups in total. The van der Waals surface area contributed by atoms with Crippen molar-refractivity contribution in [1.29, 1.82) is 0 Å². The highest BCUT2D eigenvalue weighted by atomic mass is 35.5. The monoisotopic (exact) mass is 270 g/mol. The molecule has 0 amide bonds. The van der Waals surface area contributed by atoms with E-state index in [1.807, 2.05) is 12.1 Å². The predicted octanol–water partition coefficient (Wildman–Crippen LogP) is 3.17. The molecule has 2 rings (SSSR count). The second-order valence-electron chi connectivity index (χ2n) is 4.70. The Hall–Kier alpha value is -0.770. The Labute approximate surface area is 113 Å². The molecule has 1 aliphatic carbocycles. The lowest BCUT2D eigenvalue weighted by atomic mass is 9.95. The van der Waals surface area contributed by atoms with E-state index in [0.717, 1.165) is 37.0 Å². The molecule has 0 spiro atoms. The van der Waals surface area contributed by atoms with Crippen LogP contribution in [0.4, 0.5) is 0 Å². The highest BCUT2D eigenvalue weighted by Crippen LogP contribution is 2.26. The Bertz CT molecular complexity index is 387. The van der Waals surface area contributed by atoms with Gasteiger partial charge in [0.25, 0.3) is 0 Å². The summed E-state index contributed by atoms with van der Waals surface area (Å²) in [7, 11) is 1.64. The molecular formula is C14H19ClO3. The lowest BCUT2D eigenvalue weighted by Gasteiger charge is -2.25. The van der Waals surface area contributed by atoms with Crippen LogP contribution in [0.5, 0.6) is 5.75 Å². The predicted molar refractivity (Wildman–Crippen MR) is 71.1 cm³/mol. The van der Waals surface area contributed by atoms with Crippen LogP contribution in [-0.2, 0) is 11.3 Å². The smallest absolute Gasteiger partial charge is 0.124 e. The van der Waals surface area contributed by atoms with Gasteiger partial charge >= 0.3 is 0 Å². The molecule has 0 unspecified atom stereocenters. The van der Waals surface area contributed by atoms with Gasteiger partial charge in [-0.15, -0.1) is 0 Å². The van der Waals surface area contributed by atoms with Crippen molar-refractivity contribution in [3.05, 3.63) is 28.8 Å². The Kier molecular flexibility index (Phi) is 4.87. The van der Waals surface area contributed by atoms with E-state index >= 15 is 0 Å². The van der Waals surface area contributed by atoms with E-state index in [1.165, 1.54) is 0 Å². The van der Waals surface area contributed by atoms with Crippen molar-refractivity contribution in [2.75, 3.05) is 7.11 Å². The van der Waals surface area contributed by atoms with E-state index in [-0.39, 0.29) is 12.2 Å². The maximum absolute atomic E-state index is 9.44. The number of ether oxygens (including phenoxy) is 2. The third-order valence-electron chi connectivity index (χ3n) is 3.36. The van der Waals surface area contributed by atoms with Crippen LogP contribution in [0.25, 0.3) is 0 Å². The van der Waals surface area contributed by atoms with Crippen molar-refractivity contribution < 1.29 is 14.6 Å². The normalized spacial score (nSPS) is 23.9. The minimum Gasteiger partial charge on any atom is -0.496 e. The Morgan fingerprint density at radius 3 is 2.67 bits per heavy atom.